The van der Waals surface area contributed by atoms with Crippen molar-refractivity contribution in [1.82, 2.24) is 0 Å². The number of morpholine rings is 1. The van der Waals surface area contributed by atoms with Gasteiger partial charge in [0.25, 0.3) is 0 Å². The molecule has 3 nitrogen and oxygen atoms in total. The molecule has 0 saturated carbocycles. The van der Waals surface area contributed by atoms with Crippen LogP contribution in [-0.4, -0.2) is 30.4 Å². The summed E-state index contributed by atoms with van der Waals surface area (Å²) >= 11 is 0. The van der Waals surface area contributed by atoms with Crippen LogP contribution in [0.15, 0.2) is 18.2 Å². The van der Waals surface area contributed by atoms with Gasteiger partial charge in [-0.1, -0.05) is 13.0 Å². The number of hydrogen-bond donors (Lipinski definition) is 1. The second-order valence-electron chi connectivity index (χ2n) is 5.36. The Kier molecular flexibility index (Phi) is 4.78. The second-order valence-corrected chi connectivity index (χ2v) is 5.36. The van der Waals surface area contributed by atoms with Crippen LogP contribution in [0, 0.1) is 0 Å². The Bertz CT molecular complexity index is 490. The maximum absolute atomic E-state index is 13.1. The van der Waals surface area contributed by atoms with E-state index < -0.39 is 18.3 Å². The summed E-state index contributed by atoms with van der Waals surface area (Å²) in [5.41, 5.74) is -0.335. The number of benzene rings is 1. The number of halogens is 3. The van der Waals surface area contributed by atoms with Crippen LogP contribution in [0.2, 0.25) is 0 Å². The third-order valence-electron chi connectivity index (χ3n) is 3.84. The Morgan fingerprint density at radius 1 is 1.38 bits per heavy atom. The molecule has 1 aliphatic rings. The van der Waals surface area contributed by atoms with Gasteiger partial charge in [-0.15, -0.1) is 0 Å². The number of hydrogen-bond acceptors (Lipinski definition) is 3. The Hall–Kier alpha value is -1.27. The highest BCUT2D eigenvalue weighted by molar-refractivity contribution is 5.53. The van der Waals surface area contributed by atoms with E-state index in [0.29, 0.717) is 18.8 Å². The maximum atomic E-state index is 13.1. The maximum Gasteiger partial charge on any atom is 0.416 e. The summed E-state index contributed by atoms with van der Waals surface area (Å²) in [5.74, 6) is 0. The molecule has 1 heterocycles. The van der Waals surface area contributed by atoms with Crippen molar-refractivity contribution >= 4 is 5.69 Å². The summed E-state index contributed by atoms with van der Waals surface area (Å²) in [6, 6.07) is 4.20. The fourth-order valence-corrected chi connectivity index (χ4v) is 2.64. The Balaban J connectivity index is 2.39. The molecule has 1 fully saturated rings. The molecular weight excluding hydrogens is 283 g/mol. The molecule has 2 rings (SSSR count). The Labute approximate surface area is 122 Å². The molecule has 0 aromatic heterocycles. The van der Waals surface area contributed by atoms with Crippen molar-refractivity contribution < 1.29 is 23.0 Å². The highest BCUT2D eigenvalue weighted by Crippen LogP contribution is 2.35. The van der Waals surface area contributed by atoms with Gasteiger partial charge in [0.2, 0.25) is 0 Å². The molecule has 0 amide bonds. The lowest BCUT2D eigenvalue weighted by atomic mass is 10.0. The van der Waals surface area contributed by atoms with Crippen molar-refractivity contribution in [2.45, 2.75) is 45.2 Å². The summed E-state index contributed by atoms with van der Waals surface area (Å²) < 4.78 is 44.8. The zero-order valence-electron chi connectivity index (χ0n) is 12.2. The van der Waals surface area contributed by atoms with E-state index in [1.165, 1.54) is 6.07 Å². The van der Waals surface area contributed by atoms with E-state index in [0.717, 1.165) is 12.5 Å². The van der Waals surface area contributed by atoms with E-state index in [2.05, 4.69) is 0 Å². The van der Waals surface area contributed by atoms with Gasteiger partial charge in [0.15, 0.2) is 0 Å². The molecule has 2 atom stereocenters. The minimum Gasteiger partial charge on any atom is -0.392 e. The molecular formula is C15H20F3NO2. The van der Waals surface area contributed by atoms with Gasteiger partial charge in [-0.2, -0.15) is 13.2 Å². The molecule has 1 aromatic carbocycles. The van der Waals surface area contributed by atoms with Crippen LogP contribution >= 0.6 is 0 Å². The number of alkyl halides is 3. The molecule has 21 heavy (non-hydrogen) atoms. The molecule has 1 aromatic rings. The third kappa shape index (κ3) is 3.49. The smallest absolute Gasteiger partial charge is 0.392 e. The van der Waals surface area contributed by atoms with E-state index in [4.69, 9.17) is 9.84 Å². The molecule has 1 saturated heterocycles. The highest BCUT2D eigenvalue weighted by Gasteiger charge is 2.35. The monoisotopic (exact) mass is 303 g/mol. The molecule has 0 aliphatic carbocycles. The largest absolute Gasteiger partial charge is 0.416 e. The minimum absolute atomic E-state index is 0.0142. The van der Waals surface area contributed by atoms with Gasteiger partial charge in [-0.3, -0.25) is 0 Å². The predicted molar refractivity (Wildman–Crippen MR) is 74.2 cm³/mol. The lowest BCUT2D eigenvalue weighted by molar-refractivity contribution is -0.138. The molecule has 6 heteroatoms. The quantitative estimate of drug-likeness (QED) is 0.931. The van der Waals surface area contributed by atoms with E-state index in [1.54, 1.807) is 6.07 Å². The lowest BCUT2D eigenvalue weighted by Gasteiger charge is -2.40. The van der Waals surface area contributed by atoms with E-state index in [9.17, 15) is 13.2 Å². The van der Waals surface area contributed by atoms with Crippen molar-refractivity contribution in [3.63, 3.8) is 0 Å². The molecule has 0 spiro atoms. The van der Waals surface area contributed by atoms with Crippen molar-refractivity contribution in [3.8, 4) is 0 Å². The first-order valence-corrected chi connectivity index (χ1v) is 7.06. The Morgan fingerprint density at radius 3 is 2.67 bits per heavy atom. The van der Waals surface area contributed by atoms with Crippen LogP contribution in [0.3, 0.4) is 0 Å². The first-order valence-electron chi connectivity index (χ1n) is 7.06. The SMILES string of the molecule is CCC1COC(C)CN1c1ccc(CO)c(C(F)(F)F)c1. The van der Waals surface area contributed by atoms with Crippen LogP contribution in [0.1, 0.15) is 31.4 Å². The van der Waals surface area contributed by atoms with Crippen molar-refractivity contribution in [1.29, 1.82) is 0 Å². The lowest BCUT2D eigenvalue weighted by Crippen LogP contribution is -2.48. The fraction of sp³-hybridized carbons (Fsp3) is 0.600. The van der Waals surface area contributed by atoms with Gasteiger partial charge in [0.05, 0.1) is 30.9 Å². The minimum atomic E-state index is -4.46. The van der Waals surface area contributed by atoms with Crippen LogP contribution in [0.4, 0.5) is 18.9 Å². The molecule has 0 radical (unpaired) electrons. The van der Waals surface area contributed by atoms with Gasteiger partial charge < -0.3 is 14.7 Å². The van der Waals surface area contributed by atoms with Gasteiger partial charge in [0.1, 0.15) is 0 Å². The van der Waals surface area contributed by atoms with Crippen molar-refractivity contribution in [2.24, 2.45) is 0 Å². The number of ether oxygens (including phenoxy) is 1. The molecule has 2 unspecified atom stereocenters. The van der Waals surface area contributed by atoms with Gasteiger partial charge >= 0.3 is 6.18 Å². The number of rotatable bonds is 3. The number of aliphatic hydroxyl groups excluding tert-OH is 1. The average Bonchev–Trinajstić information content (AvgIpc) is 2.45. The van der Waals surface area contributed by atoms with Crippen LogP contribution in [-0.2, 0) is 17.5 Å². The summed E-state index contributed by atoms with van der Waals surface area (Å²) in [7, 11) is 0. The first kappa shape index (κ1) is 16.1. The Morgan fingerprint density at radius 2 is 2.10 bits per heavy atom. The highest BCUT2D eigenvalue weighted by atomic mass is 19.4. The summed E-state index contributed by atoms with van der Waals surface area (Å²) in [5, 5.41) is 9.09. The number of nitrogens with zero attached hydrogens (tertiary/aromatic N) is 1. The third-order valence-corrected chi connectivity index (χ3v) is 3.84. The molecule has 1 aliphatic heterocycles. The van der Waals surface area contributed by atoms with E-state index in [1.807, 2.05) is 18.7 Å². The molecule has 1 N–H and O–H groups in total. The molecule has 118 valence electrons. The number of anilines is 1. The fourth-order valence-electron chi connectivity index (χ4n) is 2.64. The summed E-state index contributed by atoms with van der Waals surface area (Å²) in [4.78, 5) is 1.96. The predicted octanol–water partition coefficient (Wildman–Crippen LogP) is 3.20. The van der Waals surface area contributed by atoms with Gasteiger partial charge in [0, 0.05) is 12.2 Å². The average molecular weight is 303 g/mol. The second kappa shape index (κ2) is 6.23. The van der Waals surface area contributed by atoms with E-state index >= 15 is 0 Å². The van der Waals surface area contributed by atoms with Crippen LogP contribution in [0.5, 0.6) is 0 Å². The van der Waals surface area contributed by atoms with Gasteiger partial charge in [-0.05, 0) is 31.0 Å². The first-order chi connectivity index (χ1) is 9.86. The summed E-state index contributed by atoms with van der Waals surface area (Å²) in [6.07, 6.45) is -3.68. The normalized spacial score (nSPS) is 23.4. The van der Waals surface area contributed by atoms with Crippen LogP contribution < -0.4 is 4.90 Å². The van der Waals surface area contributed by atoms with Crippen molar-refractivity contribution in [2.75, 3.05) is 18.1 Å². The standard InChI is InChI=1S/C15H20F3NO2/c1-3-12-9-21-10(2)7-19(12)13-5-4-11(8-20)14(6-13)15(16,17)18/h4-6,10,12,20H,3,7-9H2,1-2H3. The number of aliphatic hydroxyl groups is 1. The topological polar surface area (TPSA) is 32.7 Å². The zero-order valence-corrected chi connectivity index (χ0v) is 12.2. The van der Waals surface area contributed by atoms with E-state index in [-0.39, 0.29) is 17.7 Å². The van der Waals surface area contributed by atoms with Crippen LogP contribution in [0.25, 0.3) is 0 Å². The molecule has 0 bridgehead atoms. The van der Waals surface area contributed by atoms with Gasteiger partial charge in [-0.25, -0.2) is 0 Å². The summed E-state index contributed by atoms with van der Waals surface area (Å²) in [6.45, 7) is 4.36. The van der Waals surface area contributed by atoms with Crippen molar-refractivity contribution in [3.05, 3.63) is 29.3 Å². The zero-order chi connectivity index (χ0) is 15.6.